The SMILES string of the molecule is C[C@@H](NC(=O)c1c[nH]c2ncc(C3CC3)nc12)C(=O)N1CCC(F)(F)C1. The number of fused-ring (bicyclic) bond motifs is 1. The lowest BCUT2D eigenvalue weighted by molar-refractivity contribution is -0.133. The Morgan fingerprint density at radius 3 is 2.85 bits per heavy atom. The van der Waals surface area contributed by atoms with E-state index >= 15 is 0 Å². The summed E-state index contributed by atoms with van der Waals surface area (Å²) in [7, 11) is 0. The molecule has 1 atom stereocenters. The fourth-order valence-electron chi connectivity index (χ4n) is 3.19. The molecular weight excluding hydrogens is 344 g/mol. The number of hydrogen-bond donors (Lipinski definition) is 2. The maximum absolute atomic E-state index is 13.3. The topological polar surface area (TPSA) is 91.0 Å². The van der Waals surface area contributed by atoms with Crippen molar-refractivity contribution in [1.29, 1.82) is 0 Å². The zero-order chi connectivity index (χ0) is 18.5. The number of nitrogens with one attached hydrogen (secondary N) is 2. The predicted molar refractivity (Wildman–Crippen MR) is 88.9 cm³/mol. The maximum atomic E-state index is 13.3. The van der Waals surface area contributed by atoms with Crippen LogP contribution in [0, 0.1) is 0 Å². The van der Waals surface area contributed by atoms with Crippen LogP contribution in [0.5, 0.6) is 0 Å². The van der Waals surface area contributed by atoms with E-state index in [0.29, 0.717) is 22.6 Å². The molecule has 0 unspecified atom stereocenters. The summed E-state index contributed by atoms with van der Waals surface area (Å²) in [6.07, 6.45) is 4.99. The molecule has 1 aliphatic carbocycles. The van der Waals surface area contributed by atoms with Crippen molar-refractivity contribution in [3.05, 3.63) is 23.7 Å². The summed E-state index contributed by atoms with van der Waals surface area (Å²) in [5.41, 5.74) is 2.10. The van der Waals surface area contributed by atoms with Crippen LogP contribution < -0.4 is 5.32 Å². The number of halogens is 2. The highest BCUT2D eigenvalue weighted by Gasteiger charge is 2.41. The summed E-state index contributed by atoms with van der Waals surface area (Å²) in [4.78, 5) is 37.6. The van der Waals surface area contributed by atoms with Crippen LogP contribution in [0.2, 0.25) is 0 Å². The standard InChI is InChI=1S/C17H19F2N5O2/c1-9(16(26)24-5-4-17(18,19)8-24)22-15(25)11-6-20-14-13(11)23-12(7-21-14)10-2-3-10/h6-7,9-10H,2-5,8H2,1H3,(H,20,21)(H,22,25)/t9-/m1/s1. The molecule has 0 radical (unpaired) electrons. The Morgan fingerprint density at radius 2 is 2.19 bits per heavy atom. The summed E-state index contributed by atoms with van der Waals surface area (Å²) >= 11 is 0. The molecule has 0 bridgehead atoms. The van der Waals surface area contributed by atoms with Gasteiger partial charge >= 0.3 is 0 Å². The summed E-state index contributed by atoms with van der Waals surface area (Å²) in [6, 6.07) is -0.902. The smallest absolute Gasteiger partial charge is 0.267 e. The first-order valence-electron chi connectivity index (χ1n) is 8.65. The van der Waals surface area contributed by atoms with E-state index in [9.17, 15) is 18.4 Å². The van der Waals surface area contributed by atoms with Gasteiger partial charge in [-0.25, -0.2) is 18.7 Å². The maximum Gasteiger partial charge on any atom is 0.267 e. The zero-order valence-electron chi connectivity index (χ0n) is 14.3. The quantitative estimate of drug-likeness (QED) is 0.867. The van der Waals surface area contributed by atoms with Crippen molar-refractivity contribution >= 4 is 23.0 Å². The van der Waals surface area contributed by atoms with Crippen LogP contribution in [-0.4, -0.2) is 56.7 Å². The first-order chi connectivity index (χ1) is 12.3. The number of aromatic amines is 1. The summed E-state index contributed by atoms with van der Waals surface area (Å²) in [5, 5.41) is 2.58. The summed E-state index contributed by atoms with van der Waals surface area (Å²) in [5.74, 6) is -3.45. The van der Waals surface area contributed by atoms with E-state index in [-0.39, 0.29) is 13.0 Å². The molecule has 138 valence electrons. The minimum atomic E-state index is -2.86. The van der Waals surface area contributed by atoms with E-state index in [1.165, 1.54) is 13.1 Å². The van der Waals surface area contributed by atoms with Gasteiger partial charge in [0.15, 0.2) is 5.65 Å². The number of likely N-dealkylation sites (tertiary alicyclic amines) is 1. The van der Waals surface area contributed by atoms with Crippen molar-refractivity contribution in [2.75, 3.05) is 13.1 Å². The highest BCUT2D eigenvalue weighted by molar-refractivity contribution is 6.05. The minimum Gasteiger partial charge on any atom is -0.344 e. The lowest BCUT2D eigenvalue weighted by Gasteiger charge is -2.21. The van der Waals surface area contributed by atoms with Crippen LogP contribution >= 0.6 is 0 Å². The Labute approximate surface area is 148 Å². The molecule has 1 saturated carbocycles. The Balaban J connectivity index is 1.48. The lowest BCUT2D eigenvalue weighted by Crippen LogP contribution is -2.46. The molecule has 1 saturated heterocycles. The first kappa shape index (κ1) is 16.9. The van der Waals surface area contributed by atoms with Crippen LogP contribution in [0.1, 0.15) is 48.2 Å². The third-order valence-electron chi connectivity index (χ3n) is 4.84. The molecule has 0 spiro atoms. The highest BCUT2D eigenvalue weighted by atomic mass is 19.3. The molecule has 2 aromatic rings. The second kappa shape index (κ2) is 6.00. The van der Waals surface area contributed by atoms with Gasteiger partial charge in [0.25, 0.3) is 11.8 Å². The van der Waals surface area contributed by atoms with E-state index < -0.39 is 30.3 Å². The molecule has 2 aromatic heterocycles. The van der Waals surface area contributed by atoms with Crippen molar-refractivity contribution in [3.63, 3.8) is 0 Å². The van der Waals surface area contributed by atoms with E-state index in [1.807, 2.05) is 0 Å². The number of aromatic nitrogens is 3. The van der Waals surface area contributed by atoms with Gasteiger partial charge in [-0.2, -0.15) is 0 Å². The number of rotatable bonds is 4. The number of H-pyrrole nitrogens is 1. The molecule has 4 rings (SSSR count). The second-order valence-electron chi connectivity index (χ2n) is 7.03. The molecular formula is C17H19F2N5O2. The van der Waals surface area contributed by atoms with Crippen LogP contribution in [0.25, 0.3) is 11.2 Å². The molecule has 0 aromatic carbocycles. The Bertz CT molecular complexity index is 877. The molecule has 1 aliphatic heterocycles. The van der Waals surface area contributed by atoms with Gasteiger partial charge in [0.05, 0.1) is 24.0 Å². The summed E-state index contributed by atoms with van der Waals surface area (Å²) < 4.78 is 26.6. The van der Waals surface area contributed by atoms with Gasteiger partial charge in [-0.05, 0) is 19.8 Å². The van der Waals surface area contributed by atoms with Crippen LogP contribution in [0.15, 0.2) is 12.4 Å². The second-order valence-corrected chi connectivity index (χ2v) is 7.03. The lowest BCUT2D eigenvalue weighted by atomic mass is 10.2. The van der Waals surface area contributed by atoms with Crippen LogP contribution in [0.3, 0.4) is 0 Å². The van der Waals surface area contributed by atoms with E-state index in [0.717, 1.165) is 23.4 Å². The normalized spacial score (nSPS) is 20.3. The Kier molecular flexibility index (Phi) is 3.89. The van der Waals surface area contributed by atoms with E-state index in [4.69, 9.17) is 0 Å². The fraction of sp³-hybridized carbons (Fsp3) is 0.529. The van der Waals surface area contributed by atoms with Crippen molar-refractivity contribution < 1.29 is 18.4 Å². The molecule has 3 heterocycles. The molecule has 26 heavy (non-hydrogen) atoms. The van der Waals surface area contributed by atoms with E-state index in [2.05, 4.69) is 20.3 Å². The van der Waals surface area contributed by atoms with Crippen molar-refractivity contribution in [2.45, 2.75) is 44.1 Å². The number of amides is 2. The van der Waals surface area contributed by atoms with Gasteiger partial charge in [-0.15, -0.1) is 0 Å². The third kappa shape index (κ3) is 3.13. The average Bonchev–Trinajstić information content (AvgIpc) is 3.26. The molecule has 2 amide bonds. The van der Waals surface area contributed by atoms with Crippen molar-refractivity contribution in [2.24, 2.45) is 0 Å². The van der Waals surface area contributed by atoms with Crippen molar-refractivity contribution in [1.82, 2.24) is 25.2 Å². The predicted octanol–water partition coefficient (Wildman–Crippen LogP) is 1.82. The highest BCUT2D eigenvalue weighted by Crippen LogP contribution is 2.39. The monoisotopic (exact) mass is 363 g/mol. The van der Waals surface area contributed by atoms with Gasteiger partial charge < -0.3 is 15.2 Å². The number of nitrogens with zero attached hydrogens (tertiary/aromatic N) is 3. The first-order valence-corrected chi connectivity index (χ1v) is 8.65. The third-order valence-corrected chi connectivity index (χ3v) is 4.84. The minimum absolute atomic E-state index is 0.00461. The average molecular weight is 363 g/mol. The zero-order valence-corrected chi connectivity index (χ0v) is 14.3. The number of carbonyl (C=O) groups is 2. The fourth-order valence-corrected chi connectivity index (χ4v) is 3.19. The number of carbonyl (C=O) groups excluding carboxylic acids is 2. The summed E-state index contributed by atoms with van der Waals surface area (Å²) in [6.45, 7) is 0.886. The van der Waals surface area contributed by atoms with Crippen LogP contribution in [0.4, 0.5) is 8.78 Å². The Morgan fingerprint density at radius 1 is 1.42 bits per heavy atom. The van der Waals surface area contributed by atoms with Gasteiger partial charge in [-0.1, -0.05) is 0 Å². The largest absolute Gasteiger partial charge is 0.344 e. The van der Waals surface area contributed by atoms with Crippen LogP contribution in [-0.2, 0) is 4.79 Å². The Hall–Kier alpha value is -2.58. The van der Waals surface area contributed by atoms with Gasteiger partial charge in [-0.3, -0.25) is 9.59 Å². The molecule has 2 fully saturated rings. The number of alkyl halides is 2. The molecule has 7 nitrogen and oxygen atoms in total. The molecule has 9 heteroatoms. The van der Waals surface area contributed by atoms with Gasteiger partial charge in [0.1, 0.15) is 11.6 Å². The van der Waals surface area contributed by atoms with Crippen molar-refractivity contribution in [3.8, 4) is 0 Å². The number of hydrogen-bond acceptors (Lipinski definition) is 4. The van der Waals surface area contributed by atoms with Gasteiger partial charge in [0.2, 0.25) is 5.91 Å². The van der Waals surface area contributed by atoms with Gasteiger partial charge in [0, 0.05) is 25.1 Å². The molecule has 2 N–H and O–H groups in total. The molecule has 2 aliphatic rings. The van der Waals surface area contributed by atoms with E-state index in [1.54, 1.807) is 6.20 Å².